The Hall–Kier alpha value is -5.25. The molecule has 3 heterocycles. The van der Waals surface area contributed by atoms with Gasteiger partial charge in [0.15, 0.2) is 35.5 Å². The van der Waals surface area contributed by atoms with Crippen LogP contribution in [0.4, 0.5) is 25.5 Å². The average Bonchev–Trinajstić information content (AvgIpc) is 3.66. The fourth-order valence-corrected chi connectivity index (χ4v) is 5.83. The molecule has 0 N–H and O–H groups in total. The first-order valence-electron chi connectivity index (χ1n) is 18.8. The molecule has 1 aliphatic rings. The Bertz CT molecular complexity index is 2030. The van der Waals surface area contributed by atoms with Crippen LogP contribution in [0.15, 0.2) is 30.6 Å². The molecule has 20 nitrogen and oxygen atoms in total. The molecule has 0 unspecified atom stereocenters. The number of hydrogen-bond acceptors (Lipinski definition) is 17. The Kier molecular flexibility index (Phi) is 14.7. The van der Waals surface area contributed by atoms with Gasteiger partial charge in [0.25, 0.3) is 11.3 Å². The first kappa shape index (κ1) is 47.4. The molecule has 1 aromatic carbocycles. The molecule has 0 aliphatic carbocycles. The molecule has 22 heteroatoms. The predicted octanol–water partition coefficient (Wildman–Crippen LogP) is 6.54. The van der Waals surface area contributed by atoms with Crippen LogP contribution in [-0.4, -0.2) is 109 Å². The third-order valence-electron chi connectivity index (χ3n) is 7.96. The Morgan fingerprint density at radius 2 is 1.50 bits per heavy atom. The van der Waals surface area contributed by atoms with Gasteiger partial charge in [-0.3, -0.25) is 19.5 Å². The molecule has 4 rings (SSSR count). The van der Waals surface area contributed by atoms with Gasteiger partial charge in [-0.15, -0.1) is 5.06 Å². The van der Waals surface area contributed by atoms with Gasteiger partial charge in [-0.25, -0.2) is 28.6 Å². The van der Waals surface area contributed by atoms with E-state index in [9.17, 15) is 29.3 Å². The number of carbonyl (C=O) groups excluding carboxylic acids is 4. The molecule has 1 fully saturated rings. The number of ether oxygens (including phenoxy) is 7. The van der Waals surface area contributed by atoms with Crippen molar-refractivity contribution in [2.24, 2.45) is 0 Å². The highest BCUT2D eigenvalue weighted by molar-refractivity contribution is 6.28. The van der Waals surface area contributed by atoms with E-state index in [1.54, 1.807) is 62.3 Å². The number of alkyl halides is 1. The van der Waals surface area contributed by atoms with Crippen LogP contribution < -0.4 is 5.06 Å². The van der Waals surface area contributed by atoms with E-state index in [1.807, 2.05) is 0 Å². The number of non-ortho nitro benzene ring substituents is 1. The van der Waals surface area contributed by atoms with Crippen LogP contribution in [0.25, 0.3) is 11.2 Å². The molecule has 3 aromatic rings. The zero-order valence-corrected chi connectivity index (χ0v) is 35.9. The van der Waals surface area contributed by atoms with E-state index >= 15 is 4.39 Å². The minimum Gasteiger partial charge on any atom is -0.463 e. The van der Waals surface area contributed by atoms with Gasteiger partial charge in [-0.05, 0) is 93.3 Å². The Balaban J connectivity index is 1.81. The Morgan fingerprint density at radius 3 is 2.02 bits per heavy atom. The lowest BCUT2D eigenvalue weighted by Gasteiger charge is -2.31. The van der Waals surface area contributed by atoms with Gasteiger partial charge in [0.05, 0.1) is 36.7 Å². The number of halogens is 2. The standard InChI is InChI=1S/C38H50ClFN6O14/c1-12-53-30(47)38(31(48)54-13-2,18-21-14-16-22(17-15-21)46(51)52)55-19-23-26(57-34(50)59-36(6,7)8)24(40)29(56-23)44-20-41-25-27(44)42-32(39)43-28(25)45(60-37(9,10)11)33(49)58-35(3,4)5/h14-17,20,23-24,26,29H,12-13,18-19H2,1-11H3/t23-,24+,26-,29-/m1/s1. The molecule has 1 aliphatic heterocycles. The number of benzene rings is 1. The van der Waals surface area contributed by atoms with Crippen molar-refractivity contribution in [2.45, 2.75) is 130 Å². The molecule has 2 aromatic heterocycles. The summed E-state index contributed by atoms with van der Waals surface area (Å²) in [4.78, 5) is 83.3. The number of esters is 2. The molecular formula is C38H50ClFN6O14. The molecule has 330 valence electrons. The normalized spacial score (nSPS) is 18.5. The largest absolute Gasteiger partial charge is 0.509 e. The maximum absolute atomic E-state index is 16.9. The topological polar surface area (TPSA) is 232 Å². The number of amides is 1. The van der Waals surface area contributed by atoms with E-state index < -0.39 is 94.4 Å². The van der Waals surface area contributed by atoms with Crippen LogP contribution in [0.5, 0.6) is 0 Å². The number of hydroxylamine groups is 1. The van der Waals surface area contributed by atoms with E-state index in [2.05, 4.69) is 15.0 Å². The Morgan fingerprint density at radius 1 is 0.917 bits per heavy atom. The summed E-state index contributed by atoms with van der Waals surface area (Å²) in [5, 5.41) is 11.6. The van der Waals surface area contributed by atoms with E-state index in [1.165, 1.54) is 26.0 Å². The molecule has 4 atom stereocenters. The van der Waals surface area contributed by atoms with Crippen molar-refractivity contribution < 1.29 is 66.5 Å². The van der Waals surface area contributed by atoms with Crippen LogP contribution in [0.3, 0.4) is 0 Å². The number of carbonyl (C=O) groups is 4. The monoisotopic (exact) mass is 868 g/mol. The van der Waals surface area contributed by atoms with Crippen molar-refractivity contribution in [3.05, 3.63) is 51.6 Å². The molecule has 60 heavy (non-hydrogen) atoms. The zero-order chi connectivity index (χ0) is 45.0. The lowest BCUT2D eigenvalue weighted by Crippen LogP contribution is -2.54. The van der Waals surface area contributed by atoms with Crippen LogP contribution in [0.2, 0.25) is 5.28 Å². The number of fused-ring (bicyclic) bond motifs is 1. The summed E-state index contributed by atoms with van der Waals surface area (Å²) >= 11 is 6.38. The number of nitro groups is 1. The summed E-state index contributed by atoms with van der Waals surface area (Å²) in [5.74, 6) is -2.64. The van der Waals surface area contributed by atoms with Gasteiger partial charge in [0.2, 0.25) is 5.28 Å². The summed E-state index contributed by atoms with van der Waals surface area (Å²) in [5.41, 5.74) is -5.89. The third-order valence-corrected chi connectivity index (χ3v) is 8.13. The molecular weight excluding hydrogens is 819 g/mol. The van der Waals surface area contributed by atoms with Gasteiger partial charge < -0.3 is 33.2 Å². The molecule has 0 spiro atoms. The second-order valence-electron chi connectivity index (χ2n) is 16.4. The quantitative estimate of drug-likeness (QED) is 0.0418. The minimum absolute atomic E-state index is 0.110. The fourth-order valence-electron chi connectivity index (χ4n) is 5.67. The second kappa shape index (κ2) is 18.6. The highest BCUT2D eigenvalue weighted by Crippen LogP contribution is 2.39. The van der Waals surface area contributed by atoms with E-state index in [0.29, 0.717) is 0 Å². The minimum atomic E-state index is -2.57. The number of rotatable bonds is 14. The predicted molar refractivity (Wildman–Crippen MR) is 209 cm³/mol. The number of nitro benzene ring substituents is 1. The lowest BCUT2D eigenvalue weighted by molar-refractivity contribution is -0.384. The zero-order valence-electron chi connectivity index (χ0n) is 35.2. The maximum Gasteiger partial charge on any atom is 0.509 e. The van der Waals surface area contributed by atoms with Gasteiger partial charge in [-0.1, -0.05) is 12.1 Å². The van der Waals surface area contributed by atoms with Crippen molar-refractivity contribution in [2.75, 3.05) is 24.9 Å². The maximum atomic E-state index is 16.9. The Labute approximate surface area is 349 Å². The number of hydrogen-bond donors (Lipinski definition) is 0. The number of aromatic nitrogens is 4. The molecule has 0 saturated carbocycles. The summed E-state index contributed by atoms with van der Waals surface area (Å²) in [6.07, 6.45) is -9.09. The van der Waals surface area contributed by atoms with Crippen molar-refractivity contribution in [1.82, 2.24) is 19.5 Å². The van der Waals surface area contributed by atoms with Crippen molar-refractivity contribution >= 4 is 58.5 Å². The first-order valence-corrected chi connectivity index (χ1v) is 19.2. The summed E-state index contributed by atoms with van der Waals surface area (Å²) < 4.78 is 57.1. The van der Waals surface area contributed by atoms with Crippen molar-refractivity contribution in [1.29, 1.82) is 0 Å². The average molecular weight is 869 g/mol. The van der Waals surface area contributed by atoms with Crippen LogP contribution >= 0.6 is 11.6 Å². The van der Waals surface area contributed by atoms with Crippen molar-refractivity contribution in [3.8, 4) is 0 Å². The smallest absolute Gasteiger partial charge is 0.463 e. The van der Waals surface area contributed by atoms with E-state index in [4.69, 9.17) is 49.6 Å². The lowest BCUT2D eigenvalue weighted by atomic mass is 9.93. The van der Waals surface area contributed by atoms with Crippen LogP contribution in [-0.2, 0) is 54.0 Å². The number of anilines is 1. The van der Waals surface area contributed by atoms with Crippen LogP contribution in [0, 0.1) is 10.1 Å². The summed E-state index contributed by atoms with van der Waals surface area (Å²) in [6, 6.07) is 4.95. The van der Waals surface area contributed by atoms with Crippen LogP contribution in [0.1, 0.15) is 88.0 Å². The summed E-state index contributed by atoms with van der Waals surface area (Å²) in [7, 11) is 0. The van der Waals surface area contributed by atoms with E-state index in [-0.39, 0.29) is 41.4 Å². The summed E-state index contributed by atoms with van der Waals surface area (Å²) in [6.45, 7) is 16.4. The van der Waals surface area contributed by atoms with E-state index in [0.717, 1.165) is 28.1 Å². The number of imidazole rings is 1. The van der Waals surface area contributed by atoms with Gasteiger partial charge in [0, 0.05) is 18.6 Å². The second-order valence-corrected chi connectivity index (χ2v) is 16.7. The van der Waals surface area contributed by atoms with Crippen molar-refractivity contribution in [3.63, 3.8) is 0 Å². The molecule has 1 amide bonds. The molecule has 1 saturated heterocycles. The van der Waals surface area contributed by atoms with Gasteiger partial charge in [-0.2, -0.15) is 9.97 Å². The fraction of sp³-hybridized carbons (Fsp3) is 0.605. The highest BCUT2D eigenvalue weighted by atomic mass is 35.5. The van der Waals surface area contributed by atoms with Gasteiger partial charge in [0.1, 0.15) is 17.3 Å². The van der Waals surface area contributed by atoms with Gasteiger partial charge >= 0.3 is 24.2 Å². The molecule has 0 radical (unpaired) electrons. The number of nitrogens with zero attached hydrogens (tertiary/aromatic N) is 6. The first-order chi connectivity index (χ1) is 27.8. The SMILES string of the molecule is CCOC(=O)C(Cc1ccc([N+](=O)[O-])cc1)(OC[C@H]1O[C@@H](n2cnc3c(N(OC(C)(C)C)C(=O)OC(C)(C)C)nc(Cl)nc32)[C@@H](F)[C@@H]1OC(=O)OC(C)(C)C)C(=O)OCC. The third kappa shape index (κ3) is 11.7. The molecule has 0 bridgehead atoms. The highest BCUT2D eigenvalue weighted by Gasteiger charge is 2.55.